The third kappa shape index (κ3) is 3.15. The van der Waals surface area contributed by atoms with E-state index in [1.807, 2.05) is 19.9 Å². The summed E-state index contributed by atoms with van der Waals surface area (Å²) in [4.78, 5) is 10.9. The number of hydrogen-bond acceptors (Lipinski definition) is 3. The smallest absolute Gasteiger partial charge is 0.335 e. The standard InChI is InChI=1S/C16H12ClNO3/c1-9-5-13(6-10(2)15(9)17)21-14-4-3-11(16(19)20)7-12(14)8-18/h3-7H,1-2H3,(H,19,20). The minimum absolute atomic E-state index is 0.0439. The first-order chi connectivity index (χ1) is 9.92. The number of halogens is 1. The van der Waals surface area contributed by atoms with Crippen LogP contribution in [0.15, 0.2) is 30.3 Å². The lowest BCUT2D eigenvalue weighted by Gasteiger charge is -2.11. The van der Waals surface area contributed by atoms with Crippen molar-refractivity contribution in [1.29, 1.82) is 5.26 Å². The molecule has 0 bridgehead atoms. The lowest BCUT2D eigenvalue weighted by Crippen LogP contribution is -1.98. The number of carboxylic acid groups (broad SMARTS) is 1. The van der Waals surface area contributed by atoms with Crippen molar-refractivity contribution in [2.75, 3.05) is 0 Å². The molecule has 1 N–H and O–H groups in total. The maximum absolute atomic E-state index is 10.9. The Hall–Kier alpha value is -2.51. The van der Waals surface area contributed by atoms with E-state index in [9.17, 15) is 4.79 Å². The summed E-state index contributed by atoms with van der Waals surface area (Å²) in [6.45, 7) is 3.72. The van der Waals surface area contributed by atoms with Crippen molar-refractivity contribution in [3.8, 4) is 17.6 Å². The number of hydrogen-bond donors (Lipinski definition) is 1. The topological polar surface area (TPSA) is 70.3 Å². The molecule has 0 fully saturated rings. The van der Waals surface area contributed by atoms with Gasteiger partial charge in [0, 0.05) is 5.02 Å². The van der Waals surface area contributed by atoms with E-state index in [4.69, 9.17) is 26.7 Å². The summed E-state index contributed by atoms with van der Waals surface area (Å²) in [5.41, 5.74) is 1.95. The highest BCUT2D eigenvalue weighted by Gasteiger charge is 2.11. The Bertz CT molecular complexity index is 740. The summed E-state index contributed by atoms with van der Waals surface area (Å²) < 4.78 is 5.68. The molecule has 4 nitrogen and oxygen atoms in total. The van der Waals surface area contributed by atoms with Gasteiger partial charge in [0.2, 0.25) is 0 Å². The fourth-order valence-corrected chi connectivity index (χ4v) is 2.04. The van der Waals surface area contributed by atoms with Gasteiger partial charge in [-0.25, -0.2) is 4.79 Å². The maximum atomic E-state index is 10.9. The molecule has 0 aliphatic heterocycles. The molecule has 0 aliphatic carbocycles. The molecule has 2 aromatic carbocycles. The van der Waals surface area contributed by atoms with Crippen molar-refractivity contribution in [1.82, 2.24) is 0 Å². The van der Waals surface area contributed by atoms with Crippen LogP contribution in [0.1, 0.15) is 27.0 Å². The van der Waals surface area contributed by atoms with Gasteiger partial charge in [-0.3, -0.25) is 0 Å². The number of ether oxygens (including phenoxy) is 1. The Morgan fingerprint density at radius 1 is 1.24 bits per heavy atom. The van der Waals surface area contributed by atoms with E-state index >= 15 is 0 Å². The maximum Gasteiger partial charge on any atom is 0.335 e. The average Bonchev–Trinajstić information content (AvgIpc) is 2.44. The molecule has 0 heterocycles. The first-order valence-corrected chi connectivity index (χ1v) is 6.52. The molecule has 0 aromatic heterocycles. The van der Waals surface area contributed by atoms with Crippen LogP contribution in [0.3, 0.4) is 0 Å². The van der Waals surface area contributed by atoms with Gasteiger partial charge in [-0.15, -0.1) is 0 Å². The largest absolute Gasteiger partial charge is 0.478 e. The SMILES string of the molecule is Cc1cc(Oc2ccc(C(=O)O)cc2C#N)cc(C)c1Cl. The van der Waals surface area contributed by atoms with Gasteiger partial charge < -0.3 is 9.84 Å². The highest BCUT2D eigenvalue weighted by Crippen LogP contribution is 2.31. The molecule has 0 radical (unpaired) electrons. The van der Waals surface area contributed by atoms with Crippen LogP contribution in [0.4, 0.5) is 0 Å². The second-order valence-electron chi connectivity index (χ2n) is 4.60. The van der Waals surface area contributed by atoms with Crippen molar-refractivity contribution in [2.45, 2.75) is 13.8 Å². The van der Waals surface area contributed by atoms with Gasteiger partial charge in [-0.1, -0.05) is 11.6 Å². The number of carboxylic acids is 1. The number of nitriles is 1. The number of nitrogens with zero attached hydrogens (tertiary/aromatic N) is 1. The Balaban J connectivity index is 2.40. The molecule has 2 rings (SSSR count). The lowest BCUT2D eigenvalue weighted by atomic mass is 10.1. The van der Waals surface area contributed by atoms with Crippen molar-refractivity contribution >= 4 is 17.6 Å². The van der Waals surface area contributed by atoms with E-state index in [0.29, 0.717) is 16.5 Å². The van der Waals surface area contributed by atoms with E-state index < -0.39 is 5.97 Å². The van der Waals surface area contributed by atoms with E-state index in [1.165, 1.54) is 18.2 Å². The molecule has 0 saturated carbocycles. The van der Waals surface area contributed by atoms with E-state index in [0.717, 1.165) is 11.1 Å². The van der Waals surface area contributed by atoms with Gasteiger partial charge in [0.15, 0.2) is 0 Å². The zero-order chi connectivity index (χ0) is 15.6. The number of aryl methyl sites for hydroxylation is 2. The molecule has 0 atom stereocenters. The van der Waals surface area contributed by atoms with E-state index in [-0.39, 0.29) is 11.1 Å². The first kappa shape index (κ1) is 14.9. The van der Waals surface area contributed by atoms with Gasteiger partial charge >= 0.3 is 5.97 Å². The summed E-state index contributed by atoms with van der Waals surface area (Å²) in [5, 5.41) is 18.7. The summed E-state index contributed by atoms with van der Waals surface area (Å²) in [6, 6.07) is 9.62. The van der Waals surface area contributed by atoms with Crippen LogP contribution in [0.25, 0.3) is 0 Å². The zero-order valence-electron chi connectivity index (χ0n) is 11.5. The van der Waals surface area contributed by atoms with Crippen LogP contribution in [0.5, 0.6) is 11.5 Å². The number of benzene rings is 2. The highest BCUT2D eigenvalue weighted by atomic mass is 35.5. The third-order valence-corrected chi connectivity index (χ3v) is 3.58. The van der Waals surface area contributed by atoms with Gasteiger partial charge in [0.05, 0.1) is 11.1 Å². The van der Waals surface area contributed by atoms with Crippen LogP contribution in [-0.4, -0.2) is 11.1 Å². The van der Waals surface area contributed by atoms with Gasteiger partial charge in [-0.2, -0.15) is 5.26 Å². The molecule has 0 spiro atoms. The van der Waals surface area contributed by atoms with Crippen molar-refractivity contribution in [2.24, 2.45) is 0 Å². The molecule has 5 heteroatoms. The van der Waals surface area contributed by atoms with Crippen molar-refractivity contribution in [3.63, 3.8) is 0 Å². The second-order valence-corrected chi connectivity index (χ2v) is 4.98. The molecule has 2 aromatic rings. The minimum Gasteiger partial charge on any atom is -0.478 e. The number of carbonyl (C=O) groups is 1. The predicted molar refractivity (Wildman–Crippen MR) is 79.1 cm³/mol. The third-order valence-electron chi connectivity index (χ3n) is 2.98. The van der Waals surface area contributed by atoms with Crippen LogP contribution in [0, 0.1) is 25.2 Å². The zero-order valence-corrected chi connectivity index (χ0v) is 12.2. The molecular weight excluding hydrogens is 290 g/mol. The molecule has 0 aliphatic rings. The van der Waals surface area contributed by atoms with Gasteiger partial charge in [0.25, 0.3) is 0 Å². The number of aromatic carboxylic acids is 1. The van der Waals surface area contributed by atoms with Crippen LogP contribution in [0.2, 0.25) is 5.02 Å². The van der Waals surface area contributed by atoms with E-state index in [1.54, 1.807) is 12.1 Å². The first-order valence-electron chi connectivity index (χ1n) is 6.14. The fraction of sp³-hybridized carbons (Fsp3) is 0.125. The average molecular weight is 302 g/mol. The summed E-state index contributed by atoms with van der Waals surface area (Å²) in [7, 11) is 0. The fourth-order valence-electron chi connectivity index (χ4n) is 1.93. The van der Waals surface area contributed by atoms with Crippen LogP contribution >= 0.6 is 11.6 Å². The Labute approximate surface area is 127 Å². The van der Waals surface area contributed by atoms with Crippen molar-refractivity contribution in [3.05, 3.63) is 57.6 Å². The van der Waals surface area contributed by atoms with Gasteiger partial charge in [-0.05, 0) is 55.3 Å². The normalized spacial score (nSPS) is 10.0. The quantitative estimate of drug-likeness (QED) is 0.916. The molecule has 0 saturated heterocycles. The van der Waals surface area contributed by atoms with Crippen molar-refractivity contribution < 1.29 is 14.6 Å². The molecular formula is C16H12ClNO3. The summed E-state index contributed by atoms with van der Waals surface area (Å²) >= 11 is 6.09. The monoisotopic (exact) mass is 301 g/mol. The highest BCUT2D eigenvalue weighted by molar-refractivity contribution is 6.32. The molecule has 0 unspecified atom stereocenters. The predicted octanol–water partition coefficient (Wildman–Crippen LogP) is 4.32. The molecule has 21 heavy (non-hydrogen) atoms. The number of rotatable bonds is 3. The lowest BCUT2D eigenvalue weighted by molar-refractivity contribution is 0.0697. The van der Waals surface area contributed by atoms with Crippen LogP contribution in [-0.2, 0) is 0 Å². The van der Waals surface area contributed by atoms with E-state index in [2.05, 4.69) is 0 Å². The van der Waals surface area contributed by atoms with Crippen LogP contribution < -0.4 is 4.74 Å². The Morgan fingerprint density at radius 2 is 1.86 bits per heavy atom. The Morgan fingerprint density at radius 3 is 2.38 bits per heavy atom. The summed E-state index contributed by atoms with van der Waals surface area (Å²) in [6.07, 6.45) is 0. The van der Waals surface area contributed by atoms with Gasteiger partial charge in [0.1, 0.15) is 17.6 Å². The molecule has 0 amide bonds. The summed E-state index contributed by atoms with van der Waals surface area (Å²) in [5.74, 6) is -0.228. The Kier molecular flexibility index (Phi) is 4.15. The molecule has 106 valence electrons. The minimum atomic E-state index is -1.09. The second kappa shape index (κ2) is 5.86.